The van der Waals surface area contributed by atoms with Gasteiger partial charge in [-0.3, -0.25) is 15.1 Å². The van der Waals surface area contributed by atoms with E-state index in [0.29, 0.717) is 0 Å². The fourth-order valence-corrected chi connectivity index (χ4v) is 1.33. The highest BCUT2D eigenvalue weighted by Crippen LogP contribution is 2.30. The maximum absolute atomic E-state index is 12.4. The lowest BCUT2D eigenvalue weighted by Crippen LogP contribution is -2.04. The van der Waals surface area contributed by atoms with Gasteiger partial charge in [0.2, 0.25) is 0 Å². The first-order valence-corrected chi connectivity index (χ1v) is 4.46. The molecule has 0 saturated heterocycles. The molecule has 0 amide bonds. The maximum atomic E-state index is 12.4. The van der Waals surface area contributed by atoms with Crippen LogP contribution >= 0.6 is 11.6 Å². The number of halogens is 3. The molecule has 8 heteroatoms. The van der Waals surface area contributed by atoms with Gasteiger partial charge in [0.15, 0.2) is 5.56 Å². The summed E-state index contributed by atoms with van der Waals surface area (Å²) >= 11 is 5.40. The summed E-state index contributed by atoms with van der Waals surface area (Å²) in [4.78, 5) is 13.0. The SMILES string of the molecule is N#Cc1c(C(F)F)ncc(CCl)c1[N+](=O)[O-]. The Morgan fingerprint density at radius 2 is 2.31 bits per heavy atom. The Morgan fingerprint density at radius 1 is 1.69 bits per heavy atom. The molecule has 0 spiro atoms. The summed E-state index contributed by atoms with van der Waals surface area (Å²) in [6.45, 7) is 0. The van der Waals surface area contributed by atoms with E-state index in [-0.39, 0.29) is 11.4 Å². The quantitative estimate of drug-likeness (QED) is 0.467. The number of nitro groups is 1. The molecule has 0 bridgehead atoms. The van der Waals surface area contributed by atoms with Gasteiger partial charge in [-0.1, -0.05) is 0 Å². The van der Waals surface area contributed by atoms with Crippen molar-refractivity contribution in [2.24, 2.45) is 0 Å². The Bertz CT molecular complexity index is 473. The van der Waals surface area contributed by atoms with Crippen LogP contribution in [0.2, 0.25) is 0 Å². The highest BCUT2D eigenvalue weighted by Gasteiger charge is 2.27. The summed E-state index contributed by atoms with van der Waals surface area (Å²) in [5.41, 5.74) is -2.41. The standard InChI is InChI=1S/C8H4ClF2N3O2/c9-1-4-3-13-6(8(10)11)5(2-12)7(4)14(15)16/h3,8H,1H2. The number of rotatable bonds is 3. The average molecular weight is 248 g/mol. The van der Waals surface area contributed by atoms with Crippen molar-refractivity contribution in [1.29, 1.82) is 5.26 Å². The van der Waals surface area contributed by atoms with Crippen LogP contribution in [0.4, 0.5) is 14.5 Å². The van der Waals surface area contributed by atoms with Gasteiger partial charge >= 0.3 is 0 Å². The van der Waals surface area contributed by atoms with Crippen LogP contribution in [0.5, 0.6) is 0 Å². The first-order valence-electron chi connectivity index (χ1n) is 3.93. The van der Waals surface area contributed by atoms with Crippen molar-refractivity contribution in [1.82, 2.24) is 4.98 Å². The van der Waals surface area contributed by atoms with Gasteiger partial charge in [0, 0.05) is 6.20 Å². The lowest BCUT2D eigenvalue weighted by atomic mass is 10.1. The zero-order valence-electron chi connectivity index (χ0n) is 7.65. The molecule has 5 nitrogen and oxygen atoms in total. The summed E-state index contributed by atoms with van der Waals surface area (Å²) in [6, 6.07) is 1.36. The topological polar surface area (TPSA) is 79.8 Å². The molecule has 0 fully saturated rings. The molecular weight excluding hydrogens is 244 g/mol. The number of hydrogen-bond acceptors (Lipinski definition) is 4. The lowest BCUT2D eigenvalue weighted by molar-refractivity contribution is -0.385. The van der Waals surface area contributed by atoms with Crippen LogP contribution in [0.15, 0.2) is 6.20 Å². The molecule has 0 aliphatic carbocycles. The second-order valence-electron chi connectivity index (χ2n) is 2.70. The molecule has 1 aromatic rings. The van der Waals surface area contributed by atoms with Crippen molar-refractivity contribution < 1.29 is 13.7 Å². The number of aromatic nitrogens is 1. The molecule has 0 aromatic carbocycles. The molecule has 0 atom stereocenters. The van der Waals surface area contributed by atoms with Gasteiger partial charge < -0.3 is 0 Å². The van der Waals surface area contributed by atoms with Crippen molar-refractivity contribution in [2.45, 2.75) is 12.3 Å². The van der Waals surface area contributed by atoms with E-state index in [2.05, 4.69) is 4.98 Å². The van der Waals surface area contributed by atoms with Crippen molar-refractivity contribution in [2.75, 3.05) is 0 Å². The van der Waals surface area contributed by atoms with Crippen LogP contribution in [0.3, 0.4) is 0 Å². The van der Waals surface area contributed by atoms with Crippen LogP contribution in [0.25, 0.3) is 0 Å². The number of pyridine rings is 1. The first-order chi connectivity index (χ1) is 7.52. The number of nitrogens with zero attached hydrogens (tertiary/aromatic N) is 3. The lowest BCUT2D eigenvalue weighted by Gasteiger charge is -2.05. The van der Waals surface area contributed by atoms with Crippen LogP contribution in [0.1, 0.15) is 23.2 Å². The molecule has 1 rings (SSSR count). The normalized spacial score (nSPS) is 10.2. The minimum atomic E-state index is -3.04. The Balaban J connectivity index is 3.58. The fraction of sp³-hybridized carbons (Fsp3) is 0.250. The van der Waals surface area contributed by atoms with Gasteiger partial charge in [-0.05, 0) is 0 Å². The molecule has 16 heavy (non-hydrogen) atoms. The summed E-state index contributed by atoms with van der Waals surface area (Å²) in [5.74, 6) is -0.276. The second-order valence-corrected chi connectivity index (χ2v) is 2.96. The third-order valence-corrected chi connectivity index (χ3v) is 2.09. The van der Waals surface area contributed by atoms with Gasteiger partial charge in [-0.25, -0.2) is 8.78 Å². The summed E-state index contributed by atoms with van der Waals surface area (Å²) < 4.78 is 24.8. The van der Waals surface area contributed by atoms with Crippen LogP contribution in [0, 0.1) is 21.4 Å². The van der Waals surface area contributed by atoms with Crippen molar-refractivity contribution in [3.63, 3.8) is 0 Å². The smallest absolute Gasteiger partial charge is 0.258 e. The zero-order valence-corrected chi connectivity index (χ0v) is 8.41. The summed E-state index contributed by atoms with van der Waals surface area (Å²) in [6.07, 6.45) is -2.16. The van der Waals surface area contributed by atoms with Crippen molar-refractivity contribution >= 4 is 17.3 Å². The largest absolute Gasteiger partial charge is 0.295 e. The predicted molar refractivity (Wildman–Crippen MR) is 50.1 cm³/mol. The van der Waals surface area contributed by atoms with E-state index in [1.165, 1.54) is 6.07 Å². The van der Waals surface area contributed by atoms with Gasteiger partial charge in [0.25, 0.3) is 12.1 Å². The maximum Gasteiger partial charge on any atom is 0.295 e. The molecule has 0 saturated carbocycles. The third kappa shape index (κ3) is 2.06. The fourth-order valence-electron chi connectivity index (χ4n) is 1.14. The Kier molecular flexibility index (Phi) is 3.68. The Hall–Kier alpha value is -1.81. The molecule has 0 unspecified atom stereocenters. The van der Waals surface area contributed by atoms with Gasteiger partial charge in [-0.15, -0.1) is 11.6 Å². The second kappa shape index (κ2) is 4.81. The van der Waals surface area contributed by atoms with Crippen molar-refractivity contribution in [3.8, 4) is 6.07 Å². The molecule has 0 N–H and O–H groups in total. The minimum Gasteiger partial charge on any atom is -0.258 e. The van der Waals surface area contributed by atoms with E-state index in [4.69, 9.17) is 16.9 Å². The molecule has 1 aromatic heterocycles. The van der Waals surface area contributed by atoms with E-state index in [0.717, 1.165) is 6.20 Å². The molecule has 0 aliphatic heterocycles. The highest BCUT2D eigenvalue weighted by molar-refractivity contribution is 6.17. The first kappa shape index (κ1) is 12.3. The van der Waals surface area contributed by atoms with Crippen LogP contribution in [-0.4, -0.2) is 9.91 Å². The van der Waals surface area contributed by atoms with Gasteiger partial charge in [0.1, 0.15) is 11.8 Å². The summed E-state index contributed by atoms with van der Waals surface area (Å²) in [7, 11) is 0. The van der Waals surface area contributed by atoms with Crippen LogP contribution in [-0.2, 0) is 5.88 Å². The van der Waals surface area contributed by atoms with E-state index in [9.17, 15) is 18.9 Å². The van der Waals surface area contributed by atoms with Gasteiger partial charge in [0.05, 0.1) is 16.4 Å². The summed E-state index contributed by atoms with van der Waals surface area (Å²) in [5, 5.41) is 19.3. The highest BCUT2D eigenvalue weighted by atomic mass is 35.5. The minimum absolute atomic E-state index is 0.0624. The molecule has 0 radical (unpaired) electrons. The van der Waals surface area contributed by atoms with Crippen LogP contribution < -0.4 is 0 Å². The molecule has 1 heterocycles. The number of alkyl halides is 3. The van der Waals surface area contributed by atoms with E-state index >= 15 is 0 Å². The average Bonchev–Trinajstić information content (AvgIpc) is 2.26. The van der Waals surface area contributed by atoms with Crippen molar-refractivity contribution in [3.05, 3.63) is 33.1 Å². The molecular formula is C8H4ClF2N3O2. The van der Waals surface area contributed by atoms with E-state index < -0.39 is 28.3 Å². The number of hydrogen-bond donors (Lipinski definition) is 0. The molecule has 0 aliphatic rings. The predicted octanol–water partition coefficient (Wildman–Crippen LogP) is 2.54. The zero-order chi connectivity index (χ0) is 12.3. The molecule has 84 valence electrons. The third-order valence-electron chi connectivity index (χ3n) is 1.80. The Labute approximate surface area is 93.4 Å². The van der Waals surface area contributed by atoms with E-state index in [1.54, 1.807) is 0 Å². The monoisotopic (exact) mass is 247 g/mol. The number of nitriles is 1. The Morgan fingerprint density at radius 3 is 2.69 bits per heavy atom. The van der Waals surface area contributed by atoms with E-state index in [1.807, 2.05) is 0 Å². The van der Waals surface area contributed by atoms with Gasteiger partial charge in [-0.2, -0.15) is 5.26 Å².